The zero-order chi connectivity index (χ0) is 11.6. The highest BCUT2D eigenvalue weighted by Gasteiger charge is 2.33. The van der Waals surface area contributed by atoms with E-state index in [1.54, 1.807) is 0 Å². The van der Waals surface area contributed by atoms with Crippen molar-refractivity contribution in [3.8, 4) is 0 Å². The van der Waals surface area contributed by atoms with Gasteiger partial charge in [-0.15, -0.1) is 0 Å². The van der Waals surface area contributed by atoms with Crippen molar-refractivity contribution in [3.63, 3.8) is 0 Å². The number of rotatable bonds is 2. The highest BCUT2D eigenvalue weighted by atomic mass is 16.6. The van der Waals surface area contributed by atoms with E-state index < -0.39 is 5.60 Å². The Bertz CT molecular complexity index is 229. The lowest BCUT2D eigenvalue weighted by Crippen LogP contribution is -2.61. The Kier molecular flexibility index (Phi) is 3.60. The van der Waals surface area contributed by atoms with Crippen molar-refractivity contribution in [2.45, 2.75) is 52.3 Å². The summed E-state index contributed by atoms with van der Waals surface area (Å²) >= 11 is 0. The van der Waals surface area contributed by atoms with E-state index in [0.717, 1.165) is 13.1 Å². The van der Waals surface area contributed by atoms with Crippen LogP contribution in [-0.2, 0) is 4.74 Å². The van der Waals surface area contributed by atoms with Gasteiger partial charge in [0.15, 0.2) is 0 Å². The maximum absolute atomic E-state index is 11.9. The lowest BCUT2D eigenvalue weighted by molar-refractivity contribution is 0.00215. The summed E-state index contributed by atoms with van der Waals surface area (Å²) in [4.78, 5) is 13.7. The molecule has 1 heterocycles. The summed E-state index contributed by atoms with van der Waals surface area (Å²) in [5, 5.41) is 3.16. The summed E-state index contributed by atoms with van der Waals surface area (Å²) in [6.07, 6.45) is -0.205. The molecular weight excluding hydrogens is 192 g/mol. The Hall–Kier alpha value is -0.770. The third-order valence-electron chi connectivity index (χ3n) is 2.31. The first-order valence-corrected chi connectivity index (χ1v) is 5.53. The highest BCUT2D eigenvalue weighted by Crippen LogP contribution is 2.16. The topological polar surface area (TPSA) is 41.6 Å². The van der Waals surface area contributed by atoms with Crippen LogP contribution in [0, 0.1) is 0 Å². The summed E-state index contributed by atoms with van der Waals surface area (Å²) in [5.41, 5.74) is -0.415. The lowest BCUT2D eigenvalue weighted by Gasteiger charge is -2.41. The fourth-order valence-corrected chi connectivity index (χ4v) is 1.57. The molecule has 15 heavy (non-hydrogen) atoms. The van der Waals surface area contributed by atoms with Crippen LogP contribution in [0.4, 0.5) is 4.79 Å². The van der Waals surface area contributed by atoms with Crippen LogP contribution in [0.5, 0.6) is 0 Å². The van der Waals surface area contributed by atoms with Crippen molar-refractivity contribution >= 4 is 6.09 Å². The normalized spacial score (nSPS) is 17.5. The van der Waals surface area contributed by atoms with Gasteiger partial charge in [0.05, 0.1) is 6.04 Å². The van der Waals surface area contributed by atoms with Crippen molar-refractivity contribution < 1.29 is 9.53 Å². The second-order valence-corrected chi connectivity index (χ2v) is 5.29. The Morgan fingerprint density at radius 1 is 1.40 bits per heavy atom. The van der Waals surface area contributed by atoms with Crippen LogP contribution in [0.1, 0.15) is 34.6 Å². The van der Waals surface area contributed by atoms with Crippen LogP contribution < -0.4 is 5.32 Å². The Morgan fingerprint density at radius 3 is 2.20 bits per heavy atom. The quantitative estimate of drug-likeness (QED) is 0.759. The molecule has 0 spiro atoms. The summed E-state index contributed by atoms with van der Waals surface area (Å²) in [6, 6.07) is 0.479. The van der Waals surface area contributed by atoms with E-state index in [-0.39, 0.29) is 12.1 Å². The molecule has 1 amide bonds. The van der Waals surface area contributed by atoms with Crippen molar-refractivity contribution in [2.75, 3.05) is 13.1 Å². The number of hydrogen-bond donors (Lipinski definition) is 1. The van der Waals surface area contributed by atoms with Crippen LogP contribution in [0.25, 0.3) is 0 Å². The zero-order valence-electron chi connectivity index (χ0n) is 10.3. The van der Waals surface area contributed by atoms with Gasteiger partial charge < -0.3 is 15.0 Å². The van der Waals surface area contributed by atoms with Gasteiger partial charge in [0.25, 0.3) is 0 Å². The maximum Gasteiger partial charge on any atom is 0.410 e. The first-order chi connectivity index (χ1) is 6.81. The molecule has 0 aliphatic carbocycles. The molecule has 1 N–H and O–H groups in total. The molecule has 1 saturated heterocycles. The van der Waals surface area contributed by atoms with E-state index in [1.165, 1.54) is 0 Å². The first kappa shape index (κ1) is 12.3. The fraction of sp³-hybridized carbons (Fsp3) is 0.909. The number of carbonyl (C=O) groups is 1. The van der Waals surface area contributed by atoms with Crippen LogP contribution in [0.15, 0.2) is 0 Å². The number of nitrogens with zero attached hydrogens (tertiary/aromatic N) is 1. The second-order valence-electron chi connectivity index (χ2n) is 5.29. The number of ether oxygens (including phenoxy) is 1. The van der Waals surface area contributed by atoms with Gasteiger partial charge in [0, 0.05) is 19.1 Å². The van der Waals surface area contributed by atoms with Crippen molar-refractivity contribution in [3.05, 3.63) is 0 Å². The molecule has 0 atom stereocenters. The highest BCUT2D eigenvalue weighted by molar-refractivity contribution is 5.69. The van der Waals surface area contributed by atoms with Crippen LogP contribution >= 0.6 is 0 Å². The molecular formula is C11H22N2O2. The SMILES string of the molecule is CC(C)N(C(=O)OC(C)(C)C)C1CNC1. The van der Waals surface area contributed by atoms with Crippen molar-refractivity contribution in [1.29, 1.82) is 0 Å². The smallest absolute Gasteiger partial charge is 0.410 e. The summed E-state index contributed by atoms with van der Waals surface area (Å²) < 4.78 is 5.38. The molecule has 0 saturated carbocycles. The molecule has 1 rings (SSSR count). The van der Waals surface area contributed by atoms with E-state index in [1.807, 2.05) is 39.5 Å². The largest absolute Gasteiger partial charge is 0.444 e. The van der Waals surface area contributed by atoms with Crippen LogP contribution in [-0.4, -0.2) is 41.8 Å². The number of nitrogens with one attached hydrogen (secondary N) is 1. The van der Waals surface area contributed by atoms with Gasteiger partial charge in [0.2, 0.25) is 0 Å². The van der Waals surface area contributed by atoms with Crippen LogP contribution in [0.2, 0.25) is 0 Å². The molecule has 0 radical (unpaired) electrons. The van der Waals surface area contributed by atoms with E-state index in [0.29, 0.717) is 6.04 Å². The molecule has 0 aromatic rings. The summed E-state index contributed by atoms with van der Waals surface area (Å²) in [5.74, 6) is 0. The standard InChI is InChI=1S/C11H22N2O2/c1-8(2)13(9-6-12-7-9)10(14)15-11(3,4)5/h8-9,12H,6-7H2,1-5H3. The van der Waals surface area contributed by atoms with Crippen molar-refractivity contribution in [1.82, 2.24) is 10.2 Å². The minimum absolute atomic E-state index is 0.187. The molecule has 1 aliphatic heterocycles. The average Bonchev–Trinajstić information content (AvgIpc) is 1.91. The number of amides is 1. The molecule has 4 heteroatoms. The second kappa shape index (κ2) is 4.39. The molecule has 1 aliphatic rings. The third kappa shape index (κ3) is 3.38. The first-order valence-electron chi connectivity index (χ1n) is 5.53. The third-order valence-corrected chi connectivity index (χ3v) is 2.31. The van der Waals surface area contributed by atoms with Gasteiger partial charge in [-0.25, -0.2) is 4.79 Å². The molecule has 88 valence electrons. The summed E-state index contributed by atoms with van der Waals surface area (Å²) in [6.45, 7) is 11.5. The predicted molar refractivity (Wildman–Crippen MR) is 59.9 cm³/mol. The van der Waals surface area contributed by atoms with E-state index in [2.05, 4.69) is 5.32 Å². The fourth-order valence-electron chi connectivity index (χ4n) is 1.57. The Labute approximate surface area is 92.0 Å². The average molecular weight is 214 g/mol. The van der Waals surface area contributed by atoms with Gasteiger partial charge in [0.1, 0.15) is 5.60 Å². The number of carbonyl (C=O) groups excluding carboxylic acids is 1. The molecule has 0 unspecified atom stereocenters. The van der Waals surface area contributed by atoms with Gasteiger partial charge in [-0.3, -0.25) is 0 Å². The lowest BCUT2D eigenvalue weighted by atomic mass is 10.1. The van der Waals surface area contributed by atoms with E-state index in [4.69, 9.17) is 4.74 Å². The molecule has 0 bridgehead atoms. The van der Waals surface area contributed by atoms with Gasteiger partial charge in [-0.2, -0.15) is 0 Å². The van der Waals surface area contributed by atoms with Gasteiger partial charge >= 0.3 is 6.09 Å². The molecule has 0 aromatic carbocycles. The minimum atomic E-state index is -0.415. The zero-order valence-corrected chi connectivity index (χ0v) is 10.3. The minimum Gasteiger partial charge on any atom is -0.444 e. The molecule has 4 nitrogen and oxygen atoms in total. The van der Waals surface area contributed by atoms with E-state index >= 15 is 0 Å². The number of hydrogen-bond acceptors (Lipinski definition) is 3. The summed E-state index contributed by atoms with van der Waals surface area (Å²) in [7, 11) is 0. The van der Waals surface area contributed by atoms with Crippen molar-refractivity contribution in [2.24, 2.45) is 0 Å². The Balaban J connectivity index is 2.59. The molecule has 1 fully saturated rings. The maximum atomic E-state index is 11.9. The monoisotopic (exact) mass is 214 g/mol. The van der Waals surface area contributed by atoms with Gasteiger partial charge in [-0.05, 0) is 34.6 Å². The van der Waals surface area contributed by atoms with E-state index in [9.17, 15) is 4.79 Å². The van der Waals surface area contributed by atoms with Gasteiger partial charge in [-0.1, -0.05) is 0 Å². The molecule has 0 aromatic heterocycles. The predicted octanol–water partition coefficient (Wildman–Crippen LogP) is 1.60. The van der Waals surface area contributed by atoms with Crippen LogP contribution in [0.3, 0.4) is 0 Å². The Morgan fingerprint density at radius 2 is 1.93 bits per heavy atom.